The molecule has 2 saturated heterocycles. The summed E-state index contributed by atoms with van der Waals surface area (Å²) in [5, 5.41) is 10.8. The molecule has 1 aromatic heterocycles. The molecular formula is C14H17LiN2O3. The van der Waals surface area contributed by atoms with Crippen molar-refractivity contribution in [1.82, 2.24) is 9.88 Å². The molecule has 0 N–H and O–H groups in total. The monoisotopic (exact) mass is 268 g/mol. The molecule has 0 aromatic carbocycles. The van der Waals surface area contributed by atoms with Crippen LogP contribution in [0.15, 0.2) is 18.3 Å². The van der Waals surface area contributed by atoms with Crippen LogP contribution in [0.25, 0.3) is 0 Å². The summed E-state index contributed by atoms with van der Waals surface area (Å²) in [5.41, 5.74) is 1.10. The number of carboxylic acids is 1. The molecule has 2 fully saturated rings. The number of hydrogen-bond acceptors (Lipinski definition) is 5. The van der Waals surface area contributed by atoms with Crippen LogP contribution in [0, 0.1) is 0 Å². The van der Waals surface area contributed by atoms with Gasteiger partial charge in [0.05, 0.1) is 30.9 Å². The summed E-state index contributed by atoms with van der Waals surface area (Å²) in [6.07, 6.45) is 3.69. The second-order valence-corrected chi connectivity index (χ2v) is 5.26. The van der Waals surface area contributed by atoms with Crippen LogP contribution in [0.3, 0.4) is 0 Å². The first kappa shape index (κ1) is 15.5. The Morgan fingerprint density at radius 2 is 2.05 bits per heavy atom. The molecule has 0 aliphatic carbocycles. The van der Waals surface area contributed by atoms with E-state index in [4.69, 9.17) is 4.74 Å². The fourth-order valence-corrected chi connectivity index (χ4v) is 2.84. The van der Waals surface area contributed by atoms with Gasteiger partial charge in [0.2, 0.25) is 0 Å². The average molecular weight is 268 g/mol. The molecule has 6 heteroatoms. The molecule has 0 unspecified atom stereocenters. The summed E-state index contributed by atoms with van der Waals surface area (Å²) >= 11 is 0. The number of pyridine rings is 1. The molecule has 0 amide bonds. The van der Waals surface area contributed by atoms with Crippen LogP contribution in [-0.4, -0.2) is 48.2 Å². The minimum Gasteiger partial charge on any atom is -0.543 e. The van der Waals surface area contributed by atoms with Gasteiger partial charge in [-0.2, -0.15) is 0 Å². The first-order chi connectivity index (χ1) is 9.24. The van der Waals surface area contributed by atoms with Crippen molar-refractivity contribution in [3.63, 3.8) is 0 Å². The van der Waals surface area contributed by atoms with Gasteiger partial charge in [-0.25, -0.2) is 0 Å². The van der Waals surface area contributed by atoms with Gasteiger partial charge in [0.15, 0.2) is 0 Å². The van der Waals surface area contributed by atoms with Crippen molar-refractivity contribution in [3.8, 4) is 0 Å². The number of rotatable bonds is 3. The fraction of sp³-hybridized carbons (Fsp3) is 0.571. The van der Waals surface area contributed by atoms with Gasteiger partial charge in [0, 0.05) is 6.20 Å². The van der Waals surface area contributed by atoms with Gasteiger partial charge in [-0.3, -0.25) is 9.88 Å². The third-order valence-corrected chi connectivity index (χ3v) is 4.13. The molecule has 102 valence electrons. The smallest absolute Gasteiger partial charge is 0.543 e. The second-order valence-electron chi connectivity index (χ2n) is 5.26. The minimum atomic E-state index is -1.20. The summed E-state index contributed by atoms with van der Waals surface area (Å²) in [5.74, 6) is -0.774. The zero-order chi connectivity index (χ0) is 13.2. The molecular weight excluding hydrogens is 251 g/mol. The predicted octanol–water partition coefficient (Wildman–Crippen LogP) is -2.97. The zero-order valence-corrected chi connectivity index (χ0v) is 11.7. The van der Waals surface area contributed by atoms with Crippen LogP contribution in [0.5, 0.6) is 0 Å². The van der Waals surface area contributed by atoms with Gasteiger partial charge in [-0.15, -0.1) is 0 Å². The molecule has 0 atom stereocenters. The topological polar surface area (TPSA) is 65.5 Å². The Hall–Kier alpha value is -0.863. The molecule has 3 rings (SSSR count). The number of ether oxygens (including phenoxy) is 1. The summed E-state index contributed by atoms with van der Waals surface area (Å²) in [6.45, 7) is 3.83. The van der Waals surface area contributed by atoms with E-state index in [0.717, 1.165) is 44.7 Å². The van der Waals surface area contributed by atoms with Gasteiger partial charge in [0.1, 0.15) is 0 Å². The quantitative estimate of drug-likeness (QED) is 0.548. The number of nitrogens with zero attached hydrogens (tertiary/aromatic N) is 2. The van der Waals surface area contributed by atoms with Crippen LogP contribution in [0.4, 0.5) is 0 Å². The zero-order valence-electron chi connectivity index (χ0n) is 11.7. The average Bonchev–Trinajstić information content (AvgIpc) is 2.38. The maximum absolute atomic E-state index is 10.8. The molecule has 5 nitrogen and oxygen atoms in total. The first-order valence-electron chi connectivity index (χ1n) is 6.73. The molecule has 20 heavy (non-hydrogen) atoms. The molecule has 2 aliphatic heterocycles. The van der Waals surface area contributed by atoms with E-state index >= 15 is 0 Å². The second kappa shape index (κ2) is 6.73. The molecule has 1 aromatic rings. The van der Waals surface area contributed by atoms with E-state index in [9.17, 15) is 9.90 Å². The molecule has 0 radical (unpaired) electrons. The third-order valence-electron chi connectivity index (χ3n) is 4.13. The number of carboxylic acid groups (broad SMARTS) is 1. The Morgan fingerprint density at radius 3 is 2.60 bits per heavy atom. The summed E-state index contributed by atoms with van der Waals surface area (Å²) in [4.78, 5) is 17.1. The Balaban J connectivity index is 0.00000147. The van der Waals surface area contributed by atoms with E-state index in [-0.39, 0.29) is 24.6 Å². The van der Waals surface area contributed by atoms with Gasteiger partial charge in [0.25, 0.3) is 0 Å². The molecule has 0 saturated carbocycles. The van der Waals surface area contributed by atoms with Crippen LogP contribution < -0.4 is 24.0 Å². The summed E-state index contributed by atoms with van der Waals surface area (Å²) in [6, 6.07) is 4.17. The van der Waals surface area contributed by atoms with E-state index in [1.54, 1.807) is 12.3 Å². The van der Waals surface area contributed by atoms with E-state index in [1.165, 1.54) is 0 Å². The molecule has 3 heterocycles. The number of aromatic nitrogens is 1. The minimum absolute atomic E-state index is 0. The Morgan fingerprint density at radius 1 is 1.35 bits per heavy atom. The van der Waals surface area contributed by atoms with Crippen LogP contribution >= 0.6 is 0 Å². The van der Waals surface area contributed by atoms with Crippen molar-refractivity contribution in [2.45, 2.75) is 24.8 Å². The number of carbonyl (C=O) groups excluding carboxylic acids is 1. The summed E-state index contributed by atoms with van der Waals surface area (Å²) < 4.78 is 5.22. The van der Waals surface area contributed by atoms with E-state index in [1.807, 2.05) is 6.07 Å². The van der Waals surface area contributed by atoms with Crippen molar-refractivity contribution in [2.75, 3.05) is 26.3 Å². The van der Waals surface area contributed by atoms with Crippen molar-refractivity contribution >= 4 is 5.97 Å². The Labute approximate surface area is 130 Å². The number of piperidine rings is 1. The van der Waals surface area contributed by atoms with Crippen LogP contribution in [-0.2, 0) is 4.74 Å². The van der Waals surface area contributed by atoms with E-state index < -0.39 is 5.97 Å². The number of aromatic carboxylic acids is 1. The SMILES string of the molecule is O=C([O-])c1cc(C2CCN(C3COC3)CC2)ccn1.[Li+]. The van der Waals surface area contributed by atoms with Crippen molar-refractivity contribution in [1.29, 1.82) is 0 Å². The molecule has 0 spiro atoms. The maximum atomic E-state index is 10.8. The van der Waals surface area contributed by atoms with Crippen LogP contribution in [0.1, 0.15) is 34.8 Å². The predicted molar refractivity (Wildman–Crippen MR) is 66.7 cm³/mol. The van der Waals surface area contributed by atoms with Gasteiger partial charge >= 0.3 is 18.9 Å². The Bertz CT molecular complexity index is 471. The van der Waals surface area contributed by atoms with Crippen molar-refractivity contribution in [3.05, 3.63) is 29.6 Å². The first-order valence-corrected chi connectivity index (χ1v) is 6.73. The maximum Gasteiger partial charge on any atom is 1.00 e. The molecule has 0 bridgehead atoms. The van der Waals surface area contributed by atoms with E-state index in [2.05, 4.69) is 9.88 Å². The Kier molecular flexibility index (Phi) is 5.22. The standard InChI is InChI=1S/C14H18N2O3.Li/c17-14(18)13-7-11(1-4-15-13)10-2-5-16(6-3-10)12-8-19-9-12;/h1,4,7,10,12H,2-3,5-6,8-9H2,(H,17,18);/q;+1/p-1. The van der Waals surface area contributed by atoms with Crippen molar-refractivity contribution in [2.24, 2.45) is 0 Å². The largest absolute Gasteiger partial charge is 1.00 e. The van der Waals surface area contributed by atoms with Crippen molar-refractivity contribution < 1.29 is 33.5 Å². The van der Waals surface area contributed by atoms with Gasteiger partial charge < -0.3 is 14.6 Å². The van der Waals surface area contributed by atoms with Crippen LogP contribution in [0.2, 0.25) is 0 Å². The number of carbonyl (C=O) groups is 1. The normalized spacial score (nSPS) is 21.0. The molecule has 2 aliphatic rings. The summed E-state index contributed by atoms with van der Waals surface area (Å²) in [7, 11) is 0. The van der Waals surface area contributed by atoms with Gasteiger partial charge in [-0.1, -0.05) is 0 Å². The number of hydrogen-bond donors (Lipinski definition) is 0. The van der Waals surface area contributed by atoms with Gasteiger partial charge in [-0.05, 0) is 49.5 Å². The fourth-order valence-electron chi connectivity index (χ4n) is 2.84. The third kappa shape index (κ3) is 3.24. The van der Waals surface area contributed by atoms with E-state index in [0.29, 0.717) is 12.0 Å². The number of likely N-dealkylation sites (tertiary alicyclic amines) is 1.